The van der Waals surface area contributed by atoms with Crippen LogP contribution >= 0.6 is 11.6 Å². The summed E-state index contributed by atoms with van der Waals surface area (Å²) in [5.41, 5.74) is 0. The summed E-state index contributed by atoms with van der Waals surface area (Å²) < 4.78 is 24.3. The molecule has 6 heteroatoms. The van der Waals surface area contributed by atoms with Gasteiger partial charge in [-0.1, -0.05) is 0 Å². The van der Waals surface area contributed by atoms with Gasteiger partial charge in [0, 0.05) is 19.0 Å². The second-order valence-corrected chi connectivity index (χ2v) is 6.64. The van der Waals surface area contributed by atoms with E-state index in [4.69, 9.17) is 16.9 Å². The Hall–Kier alpha value is -0.310. The Labute approximate surface area is 102 Å². The maximum Gasteiger partial charge on any atom is 0.211 e. The number of hydrogen-bond acceptors (Lipinski definition) is 3. The van der Waals surface area contributed by atoms with Crippen LogP contribution in [0.15, 0.2) is 0 Å². The Morgan fingerprint density at radius 1 is 1.62 bits per heavy atom. The van der Waals surface area contributed by atoms with Gasteiger partial charge in [-0.2, -0.15) is 5.26 Å². The molecule has 0 amide bonds. The van der Waals surface area contributed by atoms with Gasteiger partial charge in [0.05, 0.1) is 18.2 Å². The Morgan fingerprint density at radius 2 is 2.31 bits per heavy atom. The van der Waals surface area contributed by atoms with Gasteiger partial charge < -0.3 is 0 Å². The summed E-state index contributed by atoms with van der Waals surface area (Å²) in [6.45, 7) is 1.14. The highest BCUT2D eigenvalue weighted by Crippen LogP contribution is 2.25. The van der Waals surface area contributed by atoms with E-state index in [1.54, 1.807) is 0 Å². The third-order valence-corrected chi connectivity index (χ3v) is 4.58. The minimum absolute atomic E-state index is 0.161. The minimum atomic E-state index is -3.09. The van der Waals surface area contributed by atoms with Crippen LogP contribution in [-0.2, 0) is 10.0 Å². The molecular weight excluding hydrogens is 248 g/mol. The fourth-order valence-corrected chi connectivity index (χ4v) is 3.21. The number of piperidine rings is 1. The van der Waals surface area contributed by atoms with Crippen LogP contribution in [-0.4, -0.2) is 37.9 Å². The van der Waals surface area contributed by atoms with Gasteiger partial charge >= 0.3 is 0 Å². The number of nitrogens with zero attached hydrogens (tertiary/aromatic N) is 2. The van der Waals surface area contributed by atoms with E-state index in [9.17, 15) is 8.42 Å². The third-order valence-electron chi connectivity index (χ3n) is 2.94. The van der Waals surface area contributed by atoms with Crippen LogP contribution < -0.4 is 0 Å². The van der Waals surface area contributed by atoms with Crippen molar-refractivity contribution in [3.05, 3.63) is 0 Å². The average Bonchev–Trinajstić information content (AvgIpc) is 2.25. The highest BCUT2D eigenvalue weighted by Gasteiger charge is 2.27. The number of sulfonamides is 1. The van der Waals surface area contributed by atoms with Gasteiger partial charge in [0.25, 0.3) is 0 Å². The summed E-state index contributed by atoms with van der Waals surface area (Å²) >= 11 is 5.66. The second-order valence-electron chi connectivity index (χ2n) is 4.35. The first-order valence-electron chi connectivity index (χ1n) is 5.38. The Kier molecular flexibility index (Phi) is 5.03. The molecule has 0 aromatic carbocycles. The Morgan fingerprint density at radius 3 is 2.81 bits per heavy atom. The van der Waals surface area contributed by atoms with Crippen LogP contribution in [0.2, 0.25) is 0 Å². The smallest absolute Gasteiger partial charge is 0.211 e. The highest BCUT2D eigenvalue weighted by molar-refractivity contribution is 7.88. The van der Waals surface area contributed by atoms with Crippen LogP contribution in [0.25, 0.3) is 0 Å². The molecule has 0 saturated carbocycles. The number of rotatable bonds is 4. The largest absolute Gasteiger partial charge is 0.213 e. The lowest BCUT2D eigenvalue weighted by Gasteiger charge is -2.31. The number of halogens is 1. The quantitative estimate of drug-likeness (QED) is 0.722. The van der Waals surface area contributed by atoms with E-state index < -0.39 is 10.0 Å². The first kappa shape index (κ1) is 13.8. The molecule has 1 rings (SSSR count). The zero-order valence-corrected chi connectivity index (χ0v) is 11.0. The van der Waals surface area contributed by atoms with Crippen molar-refractivity contribution in [2.45, 2.75) is 19.3 Å². The molecule has 92 valence electrons. The summed E-state index contributed by atoms with van der Waals surface area (Å²) in [4.78, 5) is 0. The van der Waals surface area contributed by atoms with Gasteiger partial charge in [0.2, 0.25) is 10.0 Å². The molecule has 1 aliphatic rings. The molecule has 0 N–H and O–H groups in total. The lowest BCUT2D eigenvalue weighted by molar-refractivity contribution is 0.246. The van der Waals surface area contributed by atoms with Gasteiger partial charge in [-0.05, 0) is 25.2 Å². The van der Waals surface area contributed by atoms with Crippen LogP contribution in [0.1, 0.15) is 19.3 Å². The van der Waals surface area contributed by atoms with Crippen molar-refractivity contribution in [2.24, 2.45) is 11.8 Å². The summed E-state index contributed by atoms with van der Waals surface area (Å²) in [7, 11) is -3.09. The van der Waals surface area contributed by atoms with E-state index >= 15 is 0 Å². The predicted molar refractivity (Wildman–Crippen MR) is 63.6 cm³/mol. The fraction of sp³-hybridized carbons (Fsp3) is 0.900. The van der Waals surface area contributed by atoms with Gasteiger partial charge in [-0.25, -0.2) is 12.7 Å². The molecule has 2 atom stereocenters. The van der Waals surface area contributed by atoms with Crippen molar-refractivity contribution in [1.29, 1.82) is 5.26 Å². The Balaban J connectivity index is 2.55. The normalized spacial score (nSPS) is 24.9. The van der Waals surface area contributed by atoms with Gasteiger partial charge in [-0.15, -0.1) is 11.6 Å². The molecule has 2 unspecified atom stereocenters. The maximum absolute atomic E-state index is 11.4. The first-order chi connectivity index (χ1) is 7.47. The van der Waals surface area contributed by atoms with Gasteiger partial charge in [0.15, 0.2) is 0 Å². The zero-order chi connectivity index (χ0) is 12.2. The summed E-state index contributed by atoms with van der Waals surface area (Å²) in [5, 5.41) is 8.82. The van der Waals surface area contributed by atoms with Gasteiger partial charge in [0.1, 0.15) is 0 Å². The van der Waals surface area contributed by atoms with Crippen LogP contribution in [0.3, 0.4) is 0 Å². The average molecular weight is 265 g/mol. The number of alkyl halides is 1. The van der Waals surface area contributed by atoms with E-state index in [0.29, 0.717) is 25.4 Å². The highest BCUT2D eigenvalue weighted by atomic mass is 35.5. The van der Waals surface area contributed by atoms with Crippen LogP contribution in [0.5, 0.6) is 0 Å². The van der Waals surface area contributed by atoms with Crippen LogP contribution in [0.4, 0.5) is 0 Å². The molecule has 1 heterocycles. The predicted octanol–water partition coefficient (Wildman–Crippen LogP) is 1.43. The summed E-state index contributed by atoms with van der Waals surface area (Å²) in [5.74, 6) is 0.435. The summed E-state index contributed by atoms with van der Waals surface area (Å²) in [6.07, 6.45) is 3.80. The molecule has 0 spiro atoms. The fourth-order valence-electron chi connectivity index (χ4n) is 2.07. The van der Waals surface area contributed by atoms with Crippen molar-refractivity contribution < 1.29 is 8.42 Å². The van der Waals surface area contributed by atoms with Crippen molar-refractivity contribution in [2.75, 3.05) is 25.2 Å². The van der Waals surface area contributed by atoms with E-state index in [1.807, 2.05) is 0 Å². The zero-order valence-electron chi connectivity index (χ0n) is 9.39. The molecule has 0 aromatic rings. The van der Waals surface area contributed by atoms with E-state index in [0.717, 1.165) is 12.8 Å². The minimum Gasteiger partial charge on any atom is -0.213 e. The first-order valence-corrected chi connectivity index (χ1v) is 7.76. The van der Waals surface area contributed by atoms with Crippen molar-refractivity contribution >= 4 is 21.6 Å². The van der Waals surface area contributed by atoms with Crippen molar-refractivity contribution in [3.8, 4) is 6.07 Å². The molecule has 1 fully saturated rings. The molecule has 0 aliphatic carbocycles. The number of hydrogen-bond donors (Lipinski definition) is 0. The monoisotopic (exact) mass is 264 g/mol. The second kappa shape index (κ2) is 5.85. The maximum atomic E-state index is 11.4. The van der Waals surface area contributed by atoms with E-state index in [-0.39, 0.29) is 11.8 Å². The molecule has 0 bridgehead atoms. The van der Waals surface area contributed by atoms with Crippen molar-refractivity contribution in [3.63, 3.8) is 0 Å². The Bertz CT molecular complexity index is 364. The molecule has 0 aromatic heterocycles. The molecular formula is C10H17ClN2O2S. The van der Waals surface area contributed by atoms with Crippen LogP contribution in [0, 0.1) is 23.2 Å². The SMILES string of the molecule is CS(=O)(=O)N1CCCC(CC(C#N)CCl)C1. The lowest BCUT2D eigenvalue weighted by Crippen LogP contribution is -2.39. The molecule has 4 nitrogen and oxygen atoms in total. The van der Waals surface area contributed by atoms with E-state index in [1.165, 1.54) is 10.6 Å². The molecule has 0 radical (unpaired) electrons. The summed E-state index contributed by atoms with van der Waals surface area (Å²) in [6, 6.07) is 2.15. The van der Waals surface area contributed by atoms with Gasteiger partial charge in [-0.3, -0.25) is 0 Å². The third kappa shape index (κ3) is 3.93. The standard InChI is InChI=1S/C10H17ClN2O2S/c1-16(14,15)13-4-2-3-9(8-13)5-10(6-11)7-12/h9-10H,2-6,8H2,1H3. The molecule has 1 saturated heterocycles. The molecule has 16 heavy (non-hydrogen) atoms. The molecule has 1 aliphatic heterocycles. The topological polar surface area (TPSA) is 61.2 Å². The van der Waals surface area contributed by atoms with E-state index in [2.05, 4.69) is 6.07 Å². The number of nitriles is 1. The van der Waals surface area contributed by atoms with Crippen molar-refractivity contribution in [1.82, 2.24) is 4.31 Å². The lowest BCUT2D eigenvalue weighted by atomic mass is 9.90.